The van der Waals surface area contributed by atoms with E-state index in [0.29, 0.717) is 33.9 Å². The van der Waals surface area contributed by atoms with Crippen LogP contribution in [0.2, 0.25) is 0 Å². The van der Waals surface area contributed by atoms with Crippen molar-refractivity contribution in [1.29, 1.82) is 0 Å². The fraction of sp³-hybridized carbons (Fsp3) is 0.406. The summed E-state index contributed by atoms with van der Waals surface area (Å²) in [5.41, 5.74) is 4.65. The summed E-state index contributed by atoms with van der Waals surface area (Å²) in [6.45, 7) is 6.75. The summed E-state index contributed by atoms with van der Waals surface area (Å²) in [5, 5.41) is 2.65. The molecule has 1 saturated heterocycles. The van der Waals surface area contributed by atoms with Crippen molar-refractivity contribution < 1.29 is 24.0 Å². The molecule has 204 valence electrons. The molecule has 40 heavy (non-hydrogen) atoms. The molecule has 8 heteroatoms. The lowest BCUT2D eigenvalue weighted by Gasteiger charge is -2.49. The van der Waals surface area contributed by atoms with Crippen molar-refractivity contribution >= 4 is 50.6 Å². The maximum Gasteiger partial charge on any atom is 0.337 e. The van der Waals surface area contributed by atoms with Gasteiger partial charge in [0.05, 0.1) is 28.5 Å². The summed E-state index contributed by atoms with van der Waals surface area (Å²) in [6.07, 6.45) is 3.41. The van der Waals surface area contributed by atoms with Crippen LogP contribution < -0.4 is 4.74 Å². The minimum atomic E-state index is -0.672. The number of hydrogen-bond donors (Lipinski definition) is 0. The van der Waals surface area contributed by atoms with Crippen molar-refractivity contribution in [2.45, 2.75) is 70.8 Å². The summed E-state index contributed by atoms with van der Waals surface area (Å²) in [5.74, 6) is 0.570. The van der Waals surface area contributed by atoms with E-state index in [1.54, 1.807) is 0 Å². The van der Waals surface area contributed by atoms with Gasteiger partial charge >= 0.3 is 5.97 Å². The van der Waals surface area contributed by atoms with Crippen molar-refractivity contribution in [1.82, 2.24) is 15.0 Å². The third kappa shape index (κ3) is 3.92. The van der Waals surface area contributed by atoms with Crippen molar-refractivity contribution in [3.05, 3.63) is 53.6 Å². The predicted octanol–water partition coefficient (Wildman–Crippen LogP) is 5.78. The molecule has 2 fully saturated rings. The molecule has 7 rings (SSSR count). The highest BCUT2D eigenvalue weighted by atomic mass is 16.7. The van der Waals surface area contributed by atoms with E-state index in [4.69, 9.17) is 19.5 Å². The smallest absolute Gasteiger partial charge is 0.337 e. The molecule has 8 nitrogen and oxygen atoms in total. The van der Waals surface area contributed by atoms with Gasteiger partial charge in [-0.1, -0.05) is 43.7 Å². The van der Waals surface area contributed by atoms with Gasteiger partial charge in [-0.2, -0.15) is 0 Å². The number of ether oxygens (including phenoxy) is 1. The lowest BCUT2D eigenvalue weighted by Crippen LogP contribution is -2.46. The number of hydrogen-bond acceptors (Lipinski definition) is 7. The van der Waals surface area contributed by atoms with E-state index in [9.17, 15) is 14.4 Å². The Balaban J connectivity index is 1.36. The lowest BCUT2D eigenvalue weighted by molar-refractivity contribution is -0.197. The van der Waals surface area contributed by atoms with Crippen LogP contribution in [0.25, 0.3) is 32.8 Å². The van der Waals surface area contributed by atoms with E-state index < -0.39 is 17.8 Å². The molecule has 4 aromatic rings. The average Bonchev–Trinajstić information content (AvgIpc) is 3.23. The fourth-order valence-electron chi connectivity index (χ4n) is 7.01. The summed E-state index contributed by atoms with van der Waals surface area (Å²) in [4.78, 5) is 51.6. The summed E-state index contributed by atoms with van der Waals surface area (Å²) < 4.78 is 6.83. The molecular weight excluding hydrogens is 506 g/mol. The first-order chi connectivity index (χ1) is 19.2. The molecule has 0 bridgehead atoms. The van der Waals surface area contributed by atoms with Crippen LogP contribution in [-0.2, 0) is 25.6 Å². The Morgan fingerprint density at radius 1 is 1.00 bits per heavy atom. The first kappa shape index (κ1) is 24.9. The zero-order chi connectivity index (χ0) is 27.8. The average molecular weight is 538 g/mol. The zero-order valence-corrected chi connectivity index (χ0v) is 22.9. The fourth-order valence-corrected chi connectivity index (χ4v) is 7.01. The SMILES string of the molecule is C[C@H]1CC[C@H]2[C@H](C1)c1c(c3ccccc3c3nc4ccc(CC(=O)ON5C(=O)CCC5=O)cc4nc13)OC2(C)C. The van der Waals surface area contributed by atoms with Crippen LogP contribution in [-0.4, -0.2) is 38.4 Å². The highest BCUT2D eigenvalue weighted by Gasteiger charge is 2.47. The van der Waals surface area contributed by atoms with E-state index in [-0.39, 0.29) is 24.9 Å². The standard InChI is InChI=1S/C32H31N3O5/c1-17-8-10-22-21(14-17)28-30-29(19-6-4-5-7-20(19)31(28)39-32(22,2)3)33-23-11-9-18(15-24(23)34-30)16-27(38)40-35-25(36)12-13-26(35)37/h4-7,9,11,15,17,21-22H,8,10,12-14,16H2,1-3H3/t17-,21-,22-/m0/s1. The molecule has 0 N–H and O–H groups in total. The Morgan fingerprint density at radius 2 is 1.73 bits per heavy atom. The highest BCUT2D eigenvalue weighted by molar-refractivity contribution is 6.11. The van der Waals surface area contributed by atoms with Gasteiger partial charge in [0, 0.05) is 35.1 Å². The summed E-state index contributed by atoms with van der Waals surface area (Å²) in [6, 6.07) is 13.8. The van der Waals surface area contributed by atoms with Crippen LogP contribution in [0.15, 0.2) is 42.5 Å². The van der Waals surface area contributed by atoms with E-state index in [1.807, 2.05) is 30.3 Å². The van der Waals surface area contributed by atoms with Gasteiger partial charge in [-0.25, -0.2) is 14.8 Å². The largest absolute Gasteiger partial charge is 0.487 e. The number of carbonyl (C=O) groups excluding carboxylic acids is 3. The Morgan fingerprint density at radius 3 is 2.50 bits per heavy atom. The number of nitrogens with zero attached hydrogens (tertiary/aromatic N) is 3. The zero-order valence-electron chi connectivity index (χ0n) is 22.9. The van der Waals surface area contributed by atoms with Gasteiger partial charge in [-0.05, 0) is 56.2 Å². The molecule has 3 heterocycles. The molecule has 3 atom stereocenters. The minimum Gasteiger partial charge on any atom is -0.487 e. The van der Waals surface area contributed by atoms with Crippen LogP contribution in [0.5, 0.6) is 5.75 Å². The van der Waals surface area contributed by atoms with Gasteiger partial charge in [-0.15, -0.1) is 5.06 Å². The van der Waals surface area contributed by atoms with E-state index in [1.165, 1.54) is 6.42 Å². The van der Waals surface area contributed by atoms with Crippen LogP contribution in [0.1, 0.15) is 69.9 Å². The number of benzene rings is 3. The van der Waals surface area contributed by atoms with Crippen LogP contribution in [0.3, 0.4) is 0 Å². The van der Waals surface area contributed by atoms with Gasteiger partial charge < -0.3 is 9.57 Å². The first-order valence-corrected chi connectivity index (χ1v) is 14.1. The monoisotopic (exact) mass is 537 g/mol. The van der Waals surface area contributed by atoms with E-state index >= 15 is 0 Å². The van der Waals surface area contributed by atoms with Crippen molar-refractivity contribution in [3.8, 4) is 5.75 Å². The molecule has 1 aliphatic carbocycles. The number of fused-ring (bicyclic) bond motifs is 9. The van der Waals surface area contributed by atoms with Crippen LogP contribution >= 0.6 is 0 Å². The number of amides is 2. The van der Waals surface area contributed by atoms with Gasteiger partial charge in [0.15, 0.2) is 0 Å². The Labute approximate surface area is 231 Å². The number of imide groups is 1. The second-order valence-electron chi connectivity index (χ2n) is 12.1. The molecular formula is C32H31N3O5. The molecule has 0 unspecified atom stereocenters. The number of aromatic nitrogens is 2. The van der Waals surface area contributed by atoms with Gasteiger partial charge in [0.2, 0.25) is 0 Å². The normalized spacial score (nSPS) is 23.8. The Bertz CT molecular complexity index is 1730. The molecule has 2 amide bonds. The van der Waals surface area contributed by atoms with Crippen molar-refractivity contribution in [2.75, 3.05) is 0 Å². The molecule has 1 aromatic heterocycles. The van der Waals surface area contributed by atoms with E-state index in [0.717, 1.165) is 51.5 Å². The third-order valence-corrected chi connectivity index (χ3v) is 8.94. The number of rotatable bonds is 3. The molecule has 2 aliphatic heterocycles. The number of carbonyl (C=O) groups is 3. The van der Waals surface area contributed by atoms with Crippen molar-refractivity contribution in [2.24, 2.45) is 11.8 Å². The highest BCUT2D eigenvalue weighted by Crippen LogP contribution is 2.56. The topological polar surface area (TPSA) is 98.7 Å². The maximum absolute atomic E-state index is 12.6. The first-order valence-electron chi connectivity index (χ1n) is 14.1. The second-order valence-corrected chi connectivity index (χ2v) is 12.1. The summed E-state index contributed by atoms with van der Waals surface area (Å²) in [7, 11) is 0. The van der Waals surface area contributed by atoms with Crippen molar-refractivity contribution in [3.63, 3.8) is 0 Å². The second kappa shape index (κ2) is 8.98. The minimum absolute atomic E-state index is 0.0608. The molecule has 1 saturated carbocycles. The Hall–Kier alpha value is -4.07. The lowest BCUT2D eigenvalue weighted by atomic mass is 9.64. The van der Waals surface area contributed by atoms with Gasteiger partial charge in [0.1, 0.15) is 11.4 Å². The number of hydroxylamine groups is 2. The quantitative estimate of drug-likeness (QED) is 0.186. The van der Waals surface area contributed by atoms with Crippen LogP contribution in [0, 0.1) is 11.8 Å². The Kier molecular flexibility index (Phi) is 5.60. The molecule has 0 radical (unpaired) electrons. The molecule has 0 spiro atoms. The third-order valence-electron chi connectivity index (χ3n) is 8.94. The summed E-state index contributed by atoms with van der Waals surface area (Å²) >= 11 is 0. The van der Waals surface area contributed by atoms with Gasteiger partial charge in [0.25, 0.3) is 11.8 Å². The van der Waals surface area contributed by atoms with Gasteiger partial charge in [-0.3, -0.25) is 9.59 Å². The molecule has 3 aliphatic rings. The molecule has 3 aromatic carbocycles. The maximum atomic E-state index is 12.6. The predicted molar refractivity (Wildman–Crippen MR) is 149 cm³/mol. The van der Waals surface area contributed by atoms with E-state index in [2.05, 4.69) is 32.9 Å². The van der Waals surface area contributed by atoms with Crippen LogP contribution in [0.4, 0.5) is 0 Å².